The van der Waals surface area contributed by atoms with E-state index in [9.17, 15) is 9.59 Å². The topological polar surface area (TPSA) is 95.5 Å². The average molecular weight is 499 g/mol. The quantitative estimate of drug-likeness (QED) is 0.260. The number of ether oxygens (including phenoxy) is 2. The Morgan fingerprint density at radius 2 is 1.63 bits per heavy atom. The van der Waals surface area contributed by atoms with E-state index in [0.29, 0.717) is 45.9 Å². The van der Waals surface area contributed by atoms with Gasteiger partial charge in [0.25, 0.3) is 0 Å². The lowest BCUT2D eigenvalue weighted by molar-refractivity contribution is 0.0529. The van der Waals surface area contributed by atoms with Gasteiger partial charge in [-0.1, -0.05) is 0 Å². The zero-order valence-corrected chi connectivity index (χ0v) is 19.4. The second-order valence-electron chi connectivity index (χ2n) is 6.84. The van der Waals surface area contributed by atoms with E-state index in [1.807, 2.05) is 27.7 Å². The van der Waals surface area contributed by atoms with E-state index in [2.05, 4.69) is 20.5 Å². The minimum Gasteiger partial charge on any atom is -0.450 e. The number of carbonyl (C=O) groups is 2. The Kier molecular flexibility index (Phi) is 12.1. The van der Waals surface area contributed by atoms with Gasteiger partial charge in [-0.15, -0.1) is 24.0 Å². The summed E-state index contributed by atoms with van der Waals surface area (Å²) >= 11 is 0. The maximum atomic E-state index is 11.8. The van der Waals surface area contributed by atoms with Crippen LogP contribution in [-0.4, -0.2) is 86.0 Å². The first-order chi connectivity index (χ1) is 12.3. The van der Waals surface area contributed by atoms with Crippen LogP contribution < -0.4 is 10.6 Å². The molecule has 1 saturated heterocycles. The fourth-order valence-electron chi connectivity index (χ4n) is 2.38. The van der Waals surface area contributed by atoms with E-state index in [0.717, 1.165) is 12.5 Å². The van der Waals surface area contributed by atoms with Crippen molar-refractivity contribution in [2.75, 3.05) is 52.4 Å². The molecule has 0 aromatic carbocycles. The summed E-state index contributed by atoms with van der Waals surface area (Å²) in [5.41, 5.74) is -0.513. The number of piperazine rings is 1. The molecule has 1 heterocycles. The van der Waals surface area contributed by atoms with Crippen molar-refractivity contribution >= 4 is 42.1 Å². The molecule has 158 valence electrons. The van der Waals surface area contributed by atoms with Crippen molar-refractivity contribution in [3.8, 4) is 0 Å². The molecule has 0 bridgehead atoms. The normalized spacial score (nSPS) is 14.9. The van der Waals surface area contributed by atoms with Gasteiger partial charge in [0.15, 0.2) is 5.96 Å². The predicted octanol–water partition coefficient (Wildman–Crippen LogP) is 1.87. The number of guanidine groups is 1. The van der Waals surface area contributed by atoms with Crippen LogP contribution in [0.15, 0.2) is 4.99 Å². The van der Waals surface area contributed by atoms with Crippen molar-refractivity contribution in [1.82, 2.24) is 20.4 Å². The molecular formula is C17H34IN5O4. The maximum Gasteiger partial charge on any atom is 0.409 e. The molecule has 0 saturated carbocycles. The zero-order valence-electron chi connectivity index (χ0n) is 17.0. The summed E-state index contributed by atoms with van der Waals surface area (Å²) in [6, 6.07) is 0. The molecule has 2 N–H and O–H groups in total. The SMILES string of the molecule is CCNC(=NCCNC(=O)OC(C)(C)C)N1CCN(C(=O)OCC)CC1.I. The highest BCUT2D eigenvalue weighted by atomic mass is 127. The van der Waals surface area contributed by atoms with E-state index in [4.69, 9.17) is 9.47 Å². The van der Waals surface area contributed by atoms with E-state index < -0.39 is 11.7 Å². The van der Waals surface area contributed by atoms with Crippen molar-refractivity contribution in [3.05, 3.63) is 0 Å². The molecule has 1 aliphatic rings. The number of nitrogens with one attached hydrogen (secondary N) is 2. The number of rotatable bonds is 5. The summed E-state index contributed by atoms with van der Waals surface area (Å²) in [7, 11) is 0. The highest BCUT2D eigenvalue weighted by Gasteiger charge is 2.23. The van der Waals surface area contributed by atoms with E-state index in [1.54, 1.807) is 11.8 Å². The molecule has 1 rings (SSSR count). The van der Waals surface area contributed by atoms with Crippen LogP contribution in [0.5, 0.6) is 0 Å². The van der Waals surface area contributed by atoms with Gasteiger partial charge in [0, 0.05) is 39.3 Å². The summed E-state index contributed by atoms with van der Waals surface area (Å²) < 4.78 is 10.2. The van der Waals surface area contributed by atoms with Crippen LogP contribution in [0, 0.1) is 0 Å². The van der Waals surface area contributed by atoms with Crippen LogP contribution >= 0.6 is 24.0 Å². The average Bonchev–Trinajstić information content (AvgIpc) is 2.56. The van der Waals surface area contributed by atoms with Crippen molar-refractivity contribution in [3.63, 3.8) is 0 Å². The van der Waals surface area contributed by atoms with Crippen molar-refractivity contribution in [2.45, 2.75) is 40.2 Å². The van der Waals surface area contributed by atoms with Crippen molar-refractivity contribution in [2.24, 2.45) is 4.99 Å². The monoisotopic (exact) mass is 499 g/mol. The van der Waals surface area contributed by atoms with E-state index in [-0.39, 0.29) is 30.1 Å². The molecular weight excluding hydrogens is 465 g/mol. The maximum absolute atomic E-state index is 11.8. The Hall–Kier alpha value is -1.46. The fraction of sp³-hybridized carbons (Fsp3) is 0.824. The first-order valence-electron chi connectivity index (χ1n) is 9.18. The molecule has 1 aliphatic heterocycles. The number of carbonyl (C=O) groups excluding carboxylic acids is 2. The summed E-state index contributed by atoms with van der Waals surface area (Å²) in [6.07, 6.45) is -0.712. The van der Waals surface area contributed by atoms with Gasteiger partial charge in [0.2, 0.25) is 0 Å². The Morgan fingerprint density at radius 3 is 2.15 bits per heavy atom. The fourth-order valence-corrected chi connectivity index (χ4v) is 2.38. The zero-order chi connectivity index (χ0) is 19.6. The molecule has 0 radical (unpaired) electrons. The van der Waals surface area contributed by atoms with Crippen LogP contribution in [0.4, 0.5) is 9.59 Å². The highest BCUT2D eigenvalue weighted by Crippen LogP contribution is 2.06. The molecule has 0 aliphatic carbocycles. The molecule has 9 nitrogen and oxygen atoms in total. The number of hydrogen-bond donors (Lipinski definition) is 2. The van der Waals surface area contributed by atoms with Crippen LogP contribution in [0.25, 0.3) is 0 Å². The van der Waals surface area contributed by atoms with Gasteiger partial charge in [0.1, 0.15) is 5.60 Å². The third-order valence-electron chi connectivity index (χ3n) is 3.48. The lowest BCUT2D eigenvalue weighted by atomic mass is 10.2. The summed E-state index contributed by atoms with van der Waals surface area (Å²) in [5, 5.41) is 5.94. The molecule has 1 fully saturated rings. The predicted molar refractivity (Wildman–Crippen MR) is 116 cm³/mol. The Bertz CT molecular complexity index is 488. The Labute approximate surface area is 179 Å². The lowest BCUT2D eigenvalue weighted by Crippen LogP contribution is -2.54. The summed E-state index contributed by atoms with van der Waals surface area (Å²) in [4.78, 5) is 31.7. The molecule has 0 aromatic rings. The standard InChI is InChI=1S/C17H33N5O4.HI/c1-6-18-14(19-8-9-20-15(23)26-17(3,4)5)21-10-12-22(13-11-21)16(24)25-7-2;/h6-13H2,1-5H3,(H,18,19)(H,20,23);1H. The molecule has 0 unspecified atom stereocenters. The molecule has 0 aromatic heterocycles. The van der Waals surface area contributed by atoms with Gasteiger partial charge in [-0.05, 0) is 34.6 Å². The minimum absolute atomic E-state index is 0. The van der Waals surface area contributed by atoms with Crippen LogP contribution in [0.1, 0.15) is 34.6 Å². The number of halogens is 1. The first-order valence-corrected chi connectivity index (χ1v) is 9.18. The summed E-state index contributed by atoms with van der Waals surface area (Å²) in [5.74, 6) is 0.780. The van der Waals surface area contributed by atoms with Crippen LogP contribution in [-0.2, 0) is 9.47 Å². The van der Waals surface area contributed by atoms with Crippen LogP contribution in [0.3, 0.4) is 0 Å². The lowest BCUT2D eigenvalue weighted by Gasteiger charge is -2.35. The van der Waals surface area contributed by atoms with Gasteiger partial charge in [-0.3, -0.25) is 4.99 Å². The number of hydrogen-bond acceptors (Lipinski definition) is 5. The smallest absolute Gasteiger partial charge is 0.409 e. The number of nitrogens with zero attached hydrogens (tertiary/aromatic N) is 3. The van der Waals surface area contributed by atoms with Gasteiger partial charge >= 0.3 is 12.2 Å². The minimum atomic E-state index is -0.513. The van der Waals surface area contributed by atoms with Crippen molar-refractivity contribution in [1.29, 1.82) is 0 Å². The number of aliphatic imine (C=N–C) groups is 1. The van der Waals surface area contributed by atoms with Crippen molar-refractivity contribution < 1.29 is 19.1 Å². The molecule has 27 heavy (non-hydrogen) atoms. The number of amides is 2. The first kappa shape index (κ1) is 25.5. The summed E-state index contributed by atoms with van der Waals surface area (Å²) in [6.45, 7) is 13.8. The van der Waals surface area contributed by atoms with E-state index in [1.165, 1.54) is 0 Å². The molecule has 10 heteroatoms. The third kappa shape index (κ3) is 10.5. The van der Waals surface area contributed by atoms with Gasteiger partial charge in [0.05, 0.1) is 13.2 Å². The largest absolute Gasteiger partial charge is 0.450 e. The molecule has 0 atom stereocenters. The second-order valence-corrected chi connectivity index (χ2v) is 6.84. The Balaban J connectivity index is 0.00000676. The molecule has 0 spiro atoms. The van der Waals surface area contributed by atoms with Gasteiger partial charge in [-0.2, -0.15) is 0 Å². The Morgan fingerprint density at radius 1 is 1.04 bits per heavy atom. The number of alkyl carbamates (subject to hydrolysis) is 1. The van der Waals surface area contributed by atoms with Crippen LogP contribution in [0.2, 0.25) is 0 Å². The second kappa shape index (κ2) is 12.8. The van der Waals surface area contributed by atoms with Gasteiger partial charge < -0.3 is 29.9 Å². The third-order valence-corrected chi connectivity index (χ3v) is 3.48. The van der Waals surface area contributed by atoms with E-state index >= 15 is 0 Å². The highest BCUT2D eigenvalue weighted by molar-refractivity contribution is 14.0. The van der Waals surface area contributed by atoms with Gasteiger partial charge in [-0.25, -0.2) is 9.59 Å². The molecule has 2 amide bonds.